The van der Waals surface area contributed by atoms with E-state index in [0.717, 1.165) is 11.1 Å². The summed E-state index contributed by atoms with van der Waals surface area (Å²) in [7, 11) is 0. The Morgan fingerprint density at radius 1 is 1.11 bits per heavy atom. The van der Waals surface area contributed by atoms with Gasteiger partial charge >= 0.3 is 0 Å². The Hall–Kier alpha value is -2.70. The van der Waals surface area contributed by atoms with Crippen LogP contribution in [0.4, 0.5) is 0 Å². The summed E-state index contributed by atoms with van der Waals surface area (Å²) in [6.45, 7) is 9.92. The molecule has 0 aromatic heterocycles. The van der Waals surface area contributed by atoms with Crippen LogP contribution < -0.4 is 5.32 Å². The molecule has 2 amide bonds. The lowest BCUT2D eigenvalue weighted by Gasteiger charge is -2.51. The SMILES string of the molecule is CC(=O)Cc1cccc(C(=O)N[C@@H](C(=O)N2CC[C@](O)(c3ccc(Cl)cc3)C(C)(C)C2)C(C)C)c1. The smallest absolute Gasteiger partial charge is 0.251 e. The third kappa shape index (κ3) is 5.93. The monoisotopic (exact) mass is 498 g/mol. The second-order valence-electron chi connectivity index (χ2n) is 10.5. The maximum atomic E-state index is 13.6. The largest absolute Gasteiger partial charge is 0.384 e. The molecule has 0 bridgehead atoms. The summed E-state index contributed by atoms with van der Waals surface area (Å²) in [5.74, 6) is -0.632. The number of carbonyl (C=O) groups excluding carboxylic acids is 3. The molecular weight excluding hydrogens is 464 g/mol. The van der Waals surface area contributed by atoms with E-state index in [1.807, 2.05) is 39.8 Å². The van der Waals surface area contributed by atoms with Crippen molar-refractivity contribution in [2.45, 2.75) is 59.1 Å². The number of nitrogens with one attached hydrogen (secondary N) is 1. The van der Waals surface area contributed by atoms with Crippen LogP contribution in [0.25, 0.3) is 0 Å². The van der Waals surface area contributed by atoms with Gasteiger partial charge in [0.05, 0.1) is 5.60 Å². The van der Waals surface area contributed by atoms with E-state index in [4.69, 9.17) is 11.6 Å². The minimum atomic E-state index is -1.11. The molecule has 2 N–H and O–H groups in total. The van der Waals surface area contributed by atoms with Crippen LogP contribution in [0, 0.1) is 11.3 Å². The lowest BCUT2D eigenvalue weighted by Crippen LogP contribution is -2.60. The molecule has 6 nitrogen and oxygen atoms in total. The second kappa shape index (κ2) is 10.5. The number of hydrogen-bond acceptors (Lipinski definition) is 4. The molecule has 188 valence electrons. The number of Topliss-reactive ketones (excluding diaryl/α,β-unsaturated/α-hetero) is 1. The number of hydrogen-bond donors (Lipinski definition) is 2. The van der Waals surface area contributed by atoms with Crippen LogP contribution in [0.15, 0.2) is 48.5 Å². The van der Waals surface area contributed by atoms with Gasteiger partial charge in [0.15, 0.2) is 0 Å². The zero-order valence-electron chi connectivity index (χ0n) is 21.1. The Morgan fingerprint density at radius 2 is 1.77 bits per heavy atom. The number of benzene rings is 2. The molecule has 0 saturated carbocycles. The van der Waals surface area contributed by atoms with E-state index < -0.39 is 17.1 Å². The summed E-state index contributed by atoms with van der Waals surface area (Å²) in [5.41, 5.74) is 0.219. The summed E-state index contributed by atoms with van der Waals surface area (Å²) >= 11 is 6.03. The first kappa shape index (κ1) is 26.9. The van der Waals surface area contributed by atoms with E-state index in [0.29, 0.717) is 30.1 Å². The van der Waals surface area contributed by atoms with E-state index >= 15 is 0 Å². The van der Waals surface area contributed by atoms with Crippen molar-refractivity contribution in [1.82, 2.24) is 10.2 Å². The van der Waals surface area contributed by atoms with Gasteiger partial charge in [0.1, 0.15) is 11.8 Å². The highest BCUT2D eigenvalue weighted by molar-refractivity contribution is 6.30. The van der Waals surface area contributed by atoms with E-state index in [1.165, 1.54) is 6.92 Å². The van der Waals surface area contributed by atoms with Crippen molar-refractivity contribution in [2.75, 3.05) is 13.1 Å². The summed E-state index contributed by atoms with van der Waals surface area (Å²) in [4.78, 5) is 39.8. The molecule has 35 heavy (non-hydrogen) atoms. The van der Waals surface area contributed by atoms with Crippen LogP contribution in [0.5, 0.6) is 0 Å². The van der Waals surface area contributed by atoms with Gasteiger partial charge < -0.3 is 15.3 Å². The third-order valence-electron chi connectivity index (χ3n) is 6.94. The average Bonchev–Trinajstić information content (AvgIpc) is 2.78. The van der Waals surface area contributed by atoms with Crippen LogP contribution in [0.2, 0.25) is 5.02 Å². The van der Waals surface area contributed by atoms with Gasteiger partial charge in [0.25, 0.3) is 5.91 Å². The van der Waals surface area contributed by atoms with Crippen LogP contribution in [0.3, 0.4) is 0 Å². The molecule has 0 aliphatic carbocycles. The lowest BCUT2D eigenvalue weighted by molar-refractivity contribution is -0.155. The molecule has 1 aliphatic heterocycles. The van der Waals surface area contributed by atoms with Gasteiger partial charge in [-0.1, -0.05) is 63.6 Å². The molecule has 0 radical (unpaired) electrons. The predicted molar refractivity (Wildman–Crippen MR) is 137 cm³/mol. The molecule has 3 rings (SSSR count). The third-order valence-corrected chi connectivity index (χ3v) is 7.20. The molecule has 1 saturated heterocycles. The van der Waals surface area contributed by atoms with Crippen molar-refractivity contribution >= 4 is 29.2 Å². The number of halogens is 1. The minimum Gasteiger partial charge on any atom is -0.384 e. The van der Waals surface area contributed by atoms with Gasteiger partial charge in [-0.25, -0.2) is 0 Å². The zero-order valence-corrected chi connectivity index (χ0v) is 21.9. The first-order valence-corrected chi connectivity index (χ1v) is 12.4. The minimum absolute atomic E-state index is 0.0177. The first-order chi connectivity index (χ1) is 16.3. The van der Waals surface area contributed by atoms with E-state index in [1.54, 1.807) is 41.3 Å². The highest BCUT2D eigenvalue weighted by Gasteiger charge is 2.50. The van der Waals surface area contributed by atoms with Crippen LogP contribution >= 0.6 is 11.6 Å². The van der Waals surface area contributed by atoms with Crippen LogP contribution in [-0.4, -0.2) is 46.7 Å². The number of carbonyl (C=O) groups is 3. The van der Waals surface area contributed by atoms with Gasteiger partial charge in [-0.3, -0.25) is 14.4 Å². The Balaban J connectivity index is 1.76. The quantitative estimate of drug-likeness (QED) is 0.593. The van der Waals surface area contributed by atoms with E-state index in [2.05, 4.69) is 5.32 Å². The Morgan fingerprint density at radius 3 is 2.34 bits per heavy atom. The van der Waals surface area contributed by atoms with Gasteiger partial charge in [-0.15, -0.1) is 0 Å². The standard InChI is InChI=1S/C28H35ClN2O4/c1-18(2)24(30-25(33)21-8-6-7-20(16-21)15-19(3)32)26(34)31-14-13-28(35,27(4,5)17-31)22-9-11-23(29)12-10-22/h6-12,16,18,24,35H,13-15,17H2,1-5H3,(H,30,33)/t24-,28+/m1/s1. The van der Waals surface area contributed by atoms with Crippen molar-refractivity contribution in [1.29, 1.82) is 0 Å². The number of rotatable bonds is 7. The van der Waals surface area contributed by atoms with Crippen molar-refractivity contribution in [3.05, 3.63) is 70.2 Å². The number of ketones is 1. The Bertz CT molecular complexity index is 1100. The van der Waals surface area contributed by atoms with Crippen molar-refractivity contribution in [2.24, 2.45) is 11.3 Å². The fraction of sp³-hybridized carbons (Fsp3) is 0.464. The summed E-state index contributed by atoms with van der Waals surface area (Å²) < 4.78 is 0. The van der Waals surface area contributed by atoms with Crippen LogP contribution in [0.1, 0.15) is 62.5 Å². The van der Waals surface area contributed by atoms with Crippen molar-refractivity contribution in [3.8, 4) is 0 Å². The zero-order chi connectivity index (χ0) is 26.0. The van der Waals surface area contributed by atoms with Gasteiger partial charge in [0, 0.05) is 35.5 Å². The number of likely N-dealkylation sites (tertiary alicyclic amines) is 1. The molecule has 7 heteroatoms. The molecular formula is C28H35ClN2O4. The number of amides is 2. The normalized spacial score (nSPS) is 20.4. The highest BCUT2D eigenvalue weighted by atomic mass is 35.5. The maximum absolute atomic E-state index is 13.6. The Labute approximate surface area is 212 Å². The fourth-order valence-corrected chi connectivity index (χ4v) is 4.94. The van der Waals surface area contributed by atoms with Crippen molar-refractivity contribution in [3.63, 3.8) is 0 Å². The van der Waals surface area contributed by atoms with E-state index in [9.17, 15) is 19.5 Å². The van der Waals surface area contributed by atoms with E-state index in [-0.39, 0.29) is 29.9 Å². The molecule has 1 heterocycles. The summed E-state index contributed by atoms with van der Waals surface area (Å²) in [5, 5.41) is 15.1. The molecule has 1 fully saturated rings. The molecule has 2 aromatic rings. The number of aliphatic hydroxyl groups is 1. The number of piperidine rings is 1. The molecule has 1 aliphatic rings. The fourth-order valence-electron chi connectivity index (χ4n) is 4.82. The second-order valence-corrected chi connectivity index (χ2v) is 11.0. The topological polar surface area (TPSA) is 86.7 Å². The predicted octanol–water partition coefficient (Wildman–Crippen LogP) is 4.37. The molecule has 2 atom stereocenters. The highest BCUT2D eigenvalue weighted by Crippen LogP contribution is 2.46. The maximum Gasteiger partial charge on any atom is 0.251 e. The lowest BCUT2D eigenvalue weighted by atomic mass is 9.66. The first-order valence-electron chi connectivity index (χ1n) is 12.0. The van der Waals surface area contributed by atoms with Gasteiger partial charge in [-0.2, -0.15) is 0 Å². The average molecular weight is 499 g/mol. The summed E-state index contributed by atoms with van der Waals surface area (Å²) in [6.07, 6.45) is 0.631. The number of nitrogens with zero attached hydrogens (tertiary/aromatic N) is 1. The van der Waals surface area contributed by atoms with Crippen LogP contribution in [-0.2, 0) is 21.6 Å². The van der Waals surface area contributed by atoms with Gasteiger partial charge in [0.2, 0.25) is 5.91 Å². The summed E-state index contributed by atoms with van der Waals surface area (Å²) in [6, 6.07) is 13.4. The van der Waals surface area contributed by atoms with Crippen molar-refractivity contribution < 1.29 is 19.5 Å². The molecule has 0 unspecified atom stereocenters. The van der Waals surface area contributed by atoms with Gasteiger partial charge in [-0.05, 0) is 54.7 Å². The molecule has 0 spiro atoms. The Kier molecular flexibility index (Phi) is 8.07. The molecule has 2 aromatic carbocycles.